The molecule has 0 heterocycles. The Morgan fingerprint density at radius 2 is 1.93 bits per heavy atom. The van der Waals surface area contributed by atoms with Gasteiger partial charge in [0.05, 0.1) is 14.2 Å². The molecule has 0 aromatic heterocycles. The van der Waals surface area contributed by atoms with Gasteiger partial charge >= 0.3 is 0 Å². The minimum atomic E-state index is -0.428. The molecule has 0 spiro atoms. The maximum Gasteiger partial charge on any atom is 0.170 e. The van der Waals surface area contributed by atoms with Gasteiger partial charge in [0, 0.05) is 17.7 Å². The zero-order valence-corrected chi connectivity index (χ0v) is 8.50. The van der Waals surface area contributed by atoms with Gasteiger partial charge in [0.25, 0.3) is 0 Å². The van der Waals surface area contributed by atoms with E-state index in [2.05, 4.69) is 0 Å². The Kier molecular flexibility index (Phi) is 3.30. The fourth-order valence-corrected chi connectivity index (χ4v) is 1.19. The second-order valence-electron chi connectivity index (χ2n) is 3.02. The highest BCUT2D eigenvalue weighted by atomic mass is 19.1. The molecule has 0 amide bonds. The lowest BCUT2D eigenvalue weighted by Gasteiger charge is -2.12. The third kappa shape index (κ3) is 1.96. The third-order valence-corrected chi connectivity index (χ3v) is 1.99. The van der Waals surface area contributed by atoms with Crippen LogP contribution in [0.15, 0.2) is 12.1 Å². The maximum atomic E-state index is 13.6. The number of ether oxygens (including phenoxy) is 2. The Morgan fingerprint density at radius 3 is 2.36 bits per heavy atom. The molecule has 0 aliphatic heterocycles. The van der Waals surface area contributed by atoms with Crippen LogP contribution in [-0.4, -0.2) is 14.2 Å². The van der Waals surface area contributed by atoms with Crippen LogP contribution in [0.1, 0.15) is 18.5 Å². The number of hydrogen-bond donors (Lipinski definition) is 1. The van der Waals surface area contributed by atoms with Crippen LogP contribution in [0.5, 0.6) is 11.5 Å². The lowest BCUT2D eigenvalue weighted by atomic mass is 10.1. The topological polar surface area (TPSA) is 44.5 Å². The molecule has 0 saturated carbocycles. The van der Waals surface area contributed by atoms with E-state index in [4.69, 9.17) is 15.2 Å². The Morgan fingerprint density at radius 1 is 1.29 bits per heavy atom. The van der Waals surface area contributed by atoms with Gasteiger partial charge in [-0.25, -0.2) is 4.39 Å². The van der Waals surface area contributed by atoms with Crippen LogP contribution in [0, 0.1) is 5.82 Å². The monoisotopic (exact) mass is 199 g/mol. The summed E-state index contributed by atoms with van der Waals surface area (Å²) in [5.74, 6) is 0.260. The Labute approximate surface area is 82.6 Å². The van der Waals surface area contributed by atoms with Gasteiger partial charge in [0.2, 0.25) is 0 Å². The van der Waals surface area contributed by atoms with Crippen molar-refractivity contribution in [3.8, 4) is 11.5 Å². The summed E-state index contributed by atoms with van der Waals surface area (Å²) in [4.78, 5) is 0. The SMILES string of the molecule is COc1cc(OC)c(F)c(C(C)N)c1. The van der Waals surface area contributed by atoms with Crippen molar-refractivity contribution in [3.05, 3.63) is 23.5 Å². The lowest BCUT2D eigenvalue weighted by Crippen LogP contribution is -2.08. The molecule has 3 nitrogen and oxygen atoms in total. The summed E-state index contributed by atoms with van der Waals surface area (Å²) in [5.41, 5.74) is 6.00. The normalized spacial score (nSPS) is 12.4. The summed E-state index contributed by atoms with van der Waals surface area (Å²) in [6, 6.07) is 2.67. The number of hydrogen-bond acceptors (Lipinski definition) is 3. The zero-order valence-electron chi connectivity index (χ0n) is 8.50. The molecule has 0 aliphatic rings. The molecular weight excluding hydrogens is 185 g/mol. The van der Waals surface area contributed by atoms with E-state index in [1.54, 1.807) is 13.0 Å². The minimum Gasteiger partial charge on any atom is -0.497 e. The van der Waals surface area contributed by atoms with Crippen LogP contribution >= 0.6 is 0 Å². The van der Waals surface area contributed by atoms with Gasteiger partial charge in [-0.2, -0.15) is 0 Å². The number of rotatable bonds is 3. The molecule has 4 heteroatoms. The largest absolute Gasteiger partial charge is 0.497 e. The van der Waals surface area contributed by atoms with Crippen LogP contribution in [0.3, 0.4) is 0 Å². The first-order chi connectivity index (χ1) is 6.60. The third-order valence-electron chi connectivity index (χ3n) is 1.99. The van der Waals surface area contributed by atoms with E-state index in [-0.39, 0.29) is 11.8 Å². The molecule has 1 rings (SSSR count). The first kappa shape index (κ1) is 10.8. The maximum absolute atomic E-state index is 13.6. The van der Waals surface area contributed by atoms with Crippen molar-refractivity contribution in [2.24, 2.45) is 5.73 Å². The predicted octanol–water partition coefficient (Wildman–Crippen LogP) is 1.86. The molecule has 0 fully saturated rings. The Balaban J connectivity index is 3.27. The van der Waals surface area contributed by atoms with Gasteiger partial charge in [0.15, 0.2) is 11.6 Å². The van der Waals surface area contributed by atoms with E-state index in [1.165, 1.54) is 20.3 Å². The van der Waals surface area contributed by atoms with Gasteiger partial charge in [0.1, 0.15) is 5.75 Å². The average Bonchev–Trinajstić information content (AvgIpc) is 2.17. The van der Waals surface area contributed by atoms with E-state index >= 15 is 0 Å². The highest BCUT2D eigenvalue weighted by Gasteiger charge is 2.14. The van der Waals surface area contributed by atoms with Crippen molar-refractivity contribution < 1.29 is 13.9 Å². The number of benzene rings is 1. The standard InChI is InChI=1S/C10H14FNO2/c1-6(12)8-4-7(13-2)5-9(14-3)10(8)11/h4-6H,12H2,1-3H3. The van der Waals surface area contributed by atoms with Crippen molar-refractivity contribution in [3.63, 3.8) is 0 Å². The summed E-state index contributed by atoms with van der Waals surface area (Å²) in [7, 11) is 2.92. The second kappa shape index (κ2) is 4.28. The summed E-state index contributed by atoms with van der Waals surface area (Å²) in [6.45, 7) is 1.71. The fraction of sp³-hybridized carbons (Fsp3) is 0.400. The molecule has 1 aromatic rings. The van der Waals surface area contributed by atoms with Gasteiger partial charge in [-0.15, -0.1) is 0 Å². The van der Waals surface area contributed by atoms with Gasteiger partial charge in [-0.3, -0.25) is 0 Å². The molecule has 1 aromatic carbocycles. The first-order valence-electron chi connectivity index (χ1n) is 4.27. The zero-order chi connectivity index (χ0) is 10.7. The molecule has 0 bridgehead atoms. The predicted molar refractivity (Wildman–Crippen MR) is 52.1 cm³/mol. The molecular formula is C10H14FNO2. The van der Waals surface area contributed by atoms with E-state index in [0.717, 1.165) is 0 Å². The molecule has 0 aliphatic carbocycles. The average molecular weight is 199 g/mol. The first-order valence-corrected chi connectivity index (χ1v) is 4.27. The van der Waals surface area contributed by atoms with E-state index < -0.39 is 5.82 Å². The number of halogens is 1. The van der Waals surface area contributed by atoms with Crippen molar-refractivity contribution in [1.82, 2.24) is 0 Å². The lowest BCUT2D eigenvalue weighted by molar-refractivity contribution is 0.370. The molecule has 1 atom stereocenters. The van der Waals surface area contributed by atoms with Crippen molar-refractivity contribution >= 4 is 0 Å². The Bertz CT molecular complexity index is 326. The fourth-order valence-electron chi connectivity index (χ4n) is 1.19. The molecule has 0 saturated heterocycles. The highest BCUT2D eigenvalue weighted by Crippen LogP contribution is 2.29. The van der Waals surface area contributed by atoms with Gasteiger partial charge in [-0.05, 0) is 13.0 Å². The second-order valence-corrected chi connectivity index (χ2v) is 3.02. The molecule has 0 radical (unpaired) electrons. The smallest absolute Gasteiger partial charge is 0.170 e. The van der Waals surface area contributed by atoms with Crippen LogP contribution in [0.25, 0.3) is 0 Å². The Hall–Kier alpha value is -1.29. The molecule has 14 heavy (non-hydrogen) atoms. The summed E-state index contributed by atoms with van der Waals surface area (Å²) < 4.78 is 23.4. The van der Waals surface area contributed by atoms with Crippen LogP contribution in [0.2, 0.25) is 0 Å². The van der Waals surface area contributed by atoms with Crippen molar-refractivity contribution in [2.75, 3.05) is 14.2 Å². The van der Waals surface area contributed by atoms with E-state index in [1.807, 2.05) is 0 Å². The summed E-state index contributed by atoms with van der Waals surface area (Å²) in [5, 5.41) is 0. The minimum absolute atomic E-state index is 0.150. The molecule has 2 N–H and O–H groups in total. The van der Waals surface area contributed by atoms with Crippen LogP contribution < -0.4 is 15.2 Å². The number of nitrogens with two attached hydrogens (primary N) is 1. The summed E-state index contributed by atoms with van der Waals surface area (Å²) in [6.07, 6.45) is 0. The molecule has 78 valence electrons. The van der Waals surface area contributed by atoms with E-state index in [0.29, 0.717) is 11.3 Å². The van der Waals surface area contributed by atoms with E-state index in [9.17, 15) is 4.39 Å². The van der Waals surface area contributed by atoms with Crippen molar-refractivity contribution in [1.29, 1.82) is 0 Å². The molecule has 1 unspecified atom stereocenters. The van der Waals surface area contributed by atoms with Gasteiger partial charge < -0.3 is 15.2 Å². The van der Waals surface area contributed by atoms with Crippen molar-refractivity contribution in [2.45, 2.75) is 13.0 Å². The summed E-state index contributed by atoms with van der Waals surface area (Å²) >= 11 is 0. The number of methoxy groups -OCH3 is 2. The highest BCUT2D eigenvalue weighted by molar-refractivity contribution is 5.41. The van der Waals surface area contributed by atoms with Crippen LogP contribution in [-0.2, 0) is 0 Å². The quantitative estimate of drug-likeness (QED) is 0.808. The van der Waals surface area contributed by atoms with Gasteiger partial charge in [-0.1, -0.05) is 0 Å². The van der Waals surface area contributed by atoms with Crippen LogP contribution in [0.4, 0.5) is 4.39 Å².